The van der Waals surface area contributed by atoms with Gasteiger partial charge in [0.05, 0.1) is 0 Å². The van der Waals surface area contributed by atoms with Crippen LogP contribution in [-0.2, 0) is 9.59 Å². The van der Waals surface area contributed by atoms with Crippen LogP contribution >= 0.6 is 0 Å². The van der Waals surface area contributed by atoms with E-state index in [0.717, 1.165) is 16.9 Å². The topological polar surface area (TPSA) is 49.4 Å². The number of para-hydroxylation sites is 2. The zero-order valence-corrected chi connectivity index (χ0v) is 12.9. The van der Waals surface area contributed by atoms with E-state index in [1.54, 1.807) is 4.90 Å². The molecule has 0 bridgehead atoms. The minimum atomic E-state index is -0.298. The molecular formula is C18H20N2O2. The van der Waals surface area contributed by atoms with E-state index in [4.69, 9.17) is 0 Å². The van der Waals surface area contributed by atoms with Gasteiger partial charge in [-0.05, 0) is 37.6 Å². The smallest absolute Gasteiger partial charge is 0.236 e. The zero-order chi connectivity index (χ0) is 15.9. The van der Waals surface area contributed by atoms with Crippen molar-refractivity contribution in [2.45, 2.75) is 20.3 Å². The molecular weight excluding hydrogens is 276 g/mol. The largest absolute Gasteiger partial charge is 0.325 e. The van der Waals surface area contributed by atoms with Crippen molar-refractivity contribution in [1.29, 1.82) is 0 Å². The van der Waals surface area contributed by atoms with Crippen LogP contribution in [0.3, 0.4) is 0 Å². The Balaban J connectivity index is 2.01. The lowest BCUT2D eigenvalue weighted by molar-refractivity contribution is -0.125. The van der Waals surface area contributed by atoms with Gasteiger partial charge in [-0.15, -0.1) is 0 Å². The van der Waals surface area contributed by atoms with E-state index in [9.17, 15) is 9.59 Å². The van der Waals surface area contributed by atoms with Gasteiger partial charge in [-0.3, -0.25) is 9.59 Å². The number of hydrogen-bond donors (Lipinski definition) is 1. The highest BCUT2D eigenvalue weighted by atomic mass is 16.2. The molecule has 0 heterocycles. The Bertz CT molecular complexity index is 653. The fourth-order valence-electron chi connectivity index (χ4n) is 2.25. The van der Waals surface area contributed by atoms with E-state index in [2.05, 4.69) is 5.32 Å². The van der Waals surface area contributed by atoms with Crippen molar-refractivity contribution in [3.8, 4) is 0 Å². The average molecular weight is 296 g/mol. The molecule has 114 valence electrons. The molecule has 0 saturated heterocycles. The van der Waals surface area contributed by atoms with E-state index in [0.29, 0.717) is 6.54 Å². The first-order valence-electron chi connectivity index (χ1n) is 7.32. The van der Waals surface area contributed by atoms with Crippen LogP contribution in [0.4, 0.5) is 11.4 Å². The molecule has 4 nitrogen and oxygen atoms in total. The lowest BCUT2D eigenvalue weighted by Gasteiger charge is -2.20. The van der Waals surface area contributed by atoms with E-state index in [-0.39, 0.29) is 18.2 Å². The van der Waals surface area contributed by atoms with E-state index < -0.39 is 0 Å². The molecule has 0 fully saturated rings. The summed E-state index contributed by atoms with van der Waals surface area (Å²) in [5, 5.41) is 2.79. The summed E-state index contributed by atoms with van der Waals surface area (Å²) >= 11 is 0. The van der Waals surface area contributed by atoms with Crippen LogP contribution < -0.4 is 10.2 Å². The first-order chi connectivity index (χ1) is 10.6. The Morgan fingerprint density at radius 3 is 2.27 bits per heavy atom. The van der Waals surface area contributed by atoms with Crippen molar-refractivity contribution < 1.29 is 9.59 Å². The number of benzene rings is 2. The van der Waals surface area contributed by atoms with Gasteiger partial charge in [-0.1, -0.05) is 36.4 Å². The molecule has 0 spiro atoms. The minimum Gasteiger partial charge on any atom is -0.325 e. The SMILES string of the molecule is CCN(C(=O)CC(=O)Nc1ccccc1C)c1ccccc1. The Hall–Kier alpha value is -2.62. The first-order valence-corrected chi connectivity index (χ1v) is 7.32. The number of carbonyl (C=O) groups is 2. The van der Waals surface area contributed by atoms with E-state index >= 15 is 0 Å². The Morgan fingerprint density at radius 1 is 1.00 bits per heavy atom. The predicted molar refractivity (Wildman–Crippen MR) is 88.9 cm³/mol. The molecule has 0 radical (unpaired) electrons. The summed E-state index contributed by atoms with van der Waals surface area (Å²) in [7, 11) is 0. The van der Waals surface area contributed by atoms with Gasteiger partial charge in [-0.2, -0.15) is 0 Å². The molecule has 0 aliphatic carbocycles. The summed E-state index contributed by atoms with van der Waals surface area (Å²) in [6.07, 6.45) is -0.170. The number of aryl methyl sites for hydroxylation is 1. The van der Waals surface area contributed by atoms with Gasteiger partial charge in [0, 0.05) is 17.9 Å². The number of nitrogens with one attached hydrogen (secondary N) is 1. The van der Waals surface area contributed by atoms with Gasteiger partial charge in [0.15, 0.2) is 0 Å². The van der Waals surface area contributed by atoms with Gasteiger partial charge >= 0.3 is 0 Å². The van der Waals surface area contributed by atoms with Gasteiger partial charge in [0.2, 0.25) is 11.8 Å². The van der Waals surface area contributed by atoms with Gasteiger partial charge in [-0.25, -0.2) is 0 Å². The highest BCUT2D eigenvalue weighted by Gasteiger charge is 2.17. The maximum atomic E-state index is 12.3. The van der Waals surface area contributed by atoms with Crippen molar-refractivity contribution in [2.24, 2.45) is 0 Å². The van der Waals surface area contributed by atoms with E-state index in [1.165, 1.54) is 0 Å². The Labute approximate surface area is 130 Å². The number of rotatable bonds is 5. The quantitative estimate of drug-likeness (QED) is 0.860. The van der Waals surface area contributed by atoms with Crippen molar-refractivity contribution >= 4 is 23.2 Å². The second kappa shape index (κ2) is 7.41. The molecule has 1 N–H and O–H groups in total. The van der Waals surface area contributed by atoms with Crippen LogP contribution in [0.2, 0.25) is 0 Å². The highest BCUT2D eigenvalue weighted by Crippen LogP contribution is 2.16. The lowest BCUT2D eigenvalue weighted by Crippen LogP contribution is -2.33. The third-order valence-electron chi connectivity index (χ3n) is 3.42. The normalized spacial score (nSPS) is 10.1. The van der Waals surface area contributed by atoms with Crippen LogP contribution in [0, 0.1) is 6.92 Å². The Kier molecular flexibility index (Phi) is 5.31. The summed E-state index contributed by atoms with van der Waals surface area (Å²) in [4.78, 5) is 26.0. The van der Waals surface area contributed by atoms with Crippen molar-refractivity contribution in [3.63, 3.8) is 0 Å². The molecule has 0 atom stereocenters. The Morgan fingerprint density at radius 2 is 1.64 bits per heavy atom. The molecule has 0 aliphatic heterocycles. The third-order valence-corrected chi connectivity index (χ3v) is 3.42. The molecule has 2 aromatic carbocycles. The molecule has 0 saturated carbocycles. The molecule has 2 amide bonds. The van der Waals surface area contributed by atoms with Crippen LogP contribution in [0.1, 0.15) is 18.9 Å². The molecule has 0 unspecified atom stereocenters. The van der Waals surface area contributed by atoms with Gasteiger partial charge < -0.3 is 10.2 Å². The standard InChI is InChI=1S/C18H20N2O2/c1-3-20(15-10-5-4-6-11-15)18(22)13-17(21)19-16-12-8-7-9-14(16)2/h4-12H,3,13H2,1-2H3,(H,19,21). The summed E-state index contributed by atoms with van der Waals surface area (Å²) in [5.74, 6) is -0.506. The number of nitrogens with zero attached hydrogens (tertiary/aromatic N) is 1. The molecule has 0 aliphatic rings. The van der Waals surface area contributed by atoms with Crippen LogP contribution in [0.25, 0.3) is 0 Å². The van der Waals surface area contributed by atoms with Crippen molar-refractivity contribution in [1.82, 2.24) is 0 Å². The van der Waals surface area contributed by atoms with Gasteiger partial charge in [0.1, 0.15) is 6.42 Å². The number of amides is 2. The zero-order valence-electron chi connectivity index (χ0n) is 12.9. The molecule has 2 rings (SSSR count). The number of hydrogen-bond acceptors (Lipinski definition) is 2. The van der Waals surface area contributed by atoms with Crippen LogP contribution in [0.5, 0.6) is 0 Å². The maximum absolute atomic E-state index is 12.3. The predicted octanol–water partition coefficient (Wildman–Crippen LogP) is 3.38. The first kappa shape index (κ1) is 15.8. The molecule has 0 aromatic heterocycles. The molecule has 22 heavy (non-hydrogen) atoms. The summed E-state index contributed by atoms with van der Waals surface area (Å²) < 4.78 is 0. The summed E-state index contributed by atoms with van der Waals surface area (Å²) in [6, 6.07) is 16.9. The summed E-state index contributed by atoms with van der Waals surface area (Å²) in [6.45, 7) is 4.34. The highest BCUT2D eigenvalue weighted by molar-refractivity contribution is 6.09. The van der Waals surface area contributed by atoms with Crippen molar-refractivity contribution in [2.75, 3.05) is 16.8 Å². The lowest BCUT2D eigenvalue weighted by atomic mass is 10.2. The van der Waals surface area contributed by atoms with Crippen LogP contribution in [-0.4, -0.2) is 18.4 Å². The average Bonchev–Trinajstić information content (AvgIpc) is 2.51. The second-order valence-electron chi connectivity index (χ2n) is 5.01. The van der Waals surface area contributed by atoms with E-state index in [1.807, 2.05) is 68.4 Å². The number of anilines is 2. The monoisotopic (exact) mass is 296 g/mol. The minimum absolute atomic E-state index is 0.170. The third kappa shape index (κ3) is 3.95. The van der Waals surface area contributed by atoms with Gasteiger partial charge in [0.25, 0.3) is 0 Å². The fraction of sp³-hybridized carbons (Fsp3) is 0.222. The second-order valence-corrected chi connectivity index (χ2v) is 5.01. The summed E-state index contributed by atoms with van der Waals surface area (Å²) in [5.41, 5.74) is 2.51. The number of carbonyl (C=O) groups excluding carboxylic acids is 2. The maximum Gasteiger partial charge on any atom is 0.236 e. The molecule has 4 heteroatoms. The molecule has 2 aromatic rings. The fourth-order valence-corrected chi connectivity index (χ4v) is 2.25. The van der Waals surface area contributed by atoms with Crippen LogP contribution in [0.15, 0.2) is 54.6 Å². The van der Waals surface area contributed by atoms with Crippen molar-refractivity contribution in [3.05, 3.63) is 60.2 Å².